The summed E-state index contributed by atoms with van der Waals surface area (Å²) in [7, 11) is 1.57. The van der Waals surface area contributed by atoms with Gasteiger partial charge >= 0.3 is 6.03 Å². The van der Waals surface area contributed by atoms with Crippen molar-refractivity contribution >= 4 is 17.6 Å². The number of nitrogens with zero attached hydrogens (tertiary/aromatic N) is 1. The summed E-state index contributed by atoms with van der Waals surface area (Å²) in [6.45, 7) is 2.18. The quantitative estimate of drug-likeness (QED) is 0.725. The molecular formula is C16H23N3O4. The highest BCUT2D eigenvalue weighted by Crippen LogP contribution is 2.25. The summed E-state index contributed by atoms with van der Waals surface area (Å²) in [6, 6.07) is 6.36. The Kier molecular flexibility index (Phi) is 5.81. The molecule has 1 fully saturated rings. The van der Waals surface area contributed by atoms with E-state index < -0.39 is 0 Å². The van der Waals surface area contributed by atoms with Gasteiger partial charge < -0.3 is 25.4 Å². The van der Waals surface area contributed by atoms with Gasteiger partial charge in [-0.05, 0) is 18.6 Å². The molecule has 3 N–H and O–H groups in total. The molecule has 0 aromatic heterocycles. The van der Waals surface area contributed by atoms with E-state index in [9.17, 15) is 9.59 Å². The SMILES string of the molecule is CC[C@@H](CO)NC(=O)N[C@H]1CC(=O)N(c2cccc(OC)c2)C1. The third-order valence-electron chi connectivity index (χ3n) is 3.87. The number of urea groups is 1. The lowest BCUT2D eigenvalue weighted by Gasteiger charge is -2.19. The van der Waals surface area contributed by atoms with Crippen LogP contribution in [0.5, 0.6) is 5.75 Å². The molecule has 1 saturated heterocycles. The van der Waals surface area contributed by atoms with Crippen molar-refractivity contribution in [2.45, 2.75) is 31.8 Å². The molecule has 1 aliphatic rings. The van der Waals surface area contributed by atoms with E-state index in [0.717, 1.165) is 5.69 Å². The monoisotopic (exact) mass is 321 g/mol. The summed E-state index contributed by atoms with van der Waals surface area (Å²) in [5.74, 6) is 0.635. The van der Waals surface area contributed by atoms with E-state index in [-0.39, 0.29) is 37.0 Å². The fourth-order valence-electron chi connectivity index (χ4n) is 2.52. The van der Waals surface area contributed by atoms with Crippen LogP contribution in [0, 0.1) is 0 Å². The number of ether oxygens (including phenoxy) is 1. The summed E-state index contributed by atoms with van der Waals surface area (Å²) in [4.78, 5) is 25.7. The first-order chi connectivity index (χ1) is 11.1. The Morgan fingerprint density at radius 1 is 1.52 bits per heavy atom. The minimum absolute atomic E-state index is 0.0437. The van der Waals surface area contributed by atoms with Crippen molar-refractivity contribution in [2.75, 3.05) is 25.2 Å². The Bertz CT molecular complexity index is 560. The Balaban J connectivity index is 1.95. The molecule has 0 unspecified atom stereocenters. The molecule has 1 aliphatic heterocycles. The number of hydrogen-bond acceptors (Lipinski definition) is 4. The Morgan fingerprint density at radius 3 is 2.96 bits per heavy atom. The van der Waals surface area contributed by atoms with Gasteiger partial charge in [0.1, 0.15) is 5.75 Å². The molecule has 3 amide bonds. The molecule has 2 rings (SSSR count). The van der Waals surface area contributed by atoms with Crippen molar-refractivity contribution in [1.82, 2.24) is 10.6 Å². The number of aliphatic hydroxyl groups excluding tert-OH is 1. The summed E-state index contributed by atoms with van der Waals surface area (Å²) in [5.41, 5.74) is 0.751. The van der Waals surface area contributed by atoms with Gasteiger partial charge in [0, 0.05) is 24.7 Å². The molecule has 7 heteroatoms. The van der Waals surface area contributed by atoms with Gasteiger partial charge in [0.15, 0.2) is 0 Å². The van der Waals surface area contributed by atoms with Gasteiger partial charge in [-0.25, -0.2) is 4.79 Å². The van der Waals surface area contributed by atoms with Crippen LogP contribution in [0.25, 0.3) is 0 Å². The first kappa shape index (κ1) is 17.1. The van der Waals surface area contributed by atoms with Crippen LogP contribution in [0.3, 0.4) is 0 Å². The maximum Gasteiger partial charge on any atom is 0.315 e. The molecule has 126 valence electrons. The normalized spacial score (nSPS) is 18.7. The molecule has 0 radical (unpaired) electrons. The van der Waals surface area contributed by atoms with Crippen LogP contribution in [0.4, 0.5) is 10.5 Å². The smallest absolute Gasteiger partial charge is 0.315 e. The highest BCUT2D eigenvalue weighted by Gasteiger charge is 2.31. The largest absolute Gasteiger partial charge is 0.497 e. The molecule has 1 aromatic carbocycles. The number of carbonyl (C=O) groups excluding carboxylic acids is 2. The van der Waals surface area contributed by atoms with Crippen LogP contribution in [-0.2, 0) is 4.79 Å². The van der Waals surface area contributed by atoms with Crippen molar-refractivity contribution < 1.29 is 19.4 Å². The van der Waals surface area contributed by atoms with Gasteiger partial charge in [0.2, 0.25) is 5.91 Å². The van der Waals surface area contributed by atoms with Gasteiger partial charge in [0.05, 0.1) is 25.8 Å². The van der Waals surface area contributed by atoms with Crippen molar-refractivity contribution in [1.29, 1.82) is 0 Å². The third-order valence-corrected chi connectivity index (χ3v) is 3.87. The highest BCUT2D eigenvalue weighted by atomic mass is 16.5. The molecule has 0 bridgehead atoms. The molecule has 2 atom stereocenters. The minimum Gasteiger partial charge on any atom is -0.497 e. The number of aliphatic hydroxyl groups is 1. The van der Waals surface area contributed by atoms with Crippen molar-refractivity contribution in [2.24, 2.45) is 0 Å². The van der Waals surface area contributed by atoms with Gasteiger partial charge in [-0.15, -0.1) is 0 Å². The van der Waals surface area contributed by atoms with Gasteiger partial charge in [-0.3, -0.25) is 4.79 Å². The van der Waals surface area contributed by atoms with E-state index in [1.165, 1.54) is 0 Å². The number of carbonyl (C=O) groups is 2. The predicted molar refractivity (Wildman–Crippen MR) is 86.6 cm³/mol. The summed E-state index contributed by atoms with van der Waals surface area (Å²) >= 11 is 0. The summed E-state index contributed by atoms with van der Waals surface area (Å²) < 4.78 is 5.17. The van der Waals surface area contributed by atoms with E-state index in [1.54, 1.807) is 18.1 Å². The minimum atomic E-state index is -0.365. The number of nitrogens with one attached hydrogen (secondary N) is 2. The van der Waals surface area contributed by atoms with E-state index >= 15 is 0 Å². The summed E-state index contributed by atoms with van der Waals surface area (Å²) in [6.07, 6.45) is 0.893. The van der Waals surface area contributed by atoms with Gasteiger partial charge in [0.25, 0.3) is 0 Å². The zero-order valence-electron chi connectivity index (χ0n) is 13.4. The fourth-order valence-corrected chi connectivity index (χ4v) is 2.52. The Morgan fingerprint density at radius 2 is 2.30 bits per heavy atom. The lowest BCUT2D eigenvalue weighted by atomic mass is 10.2. The van der Waals surface area contributed by atoms with Crippen LogP contribution in [0.1, 0.15) is 19.8 Å². The number of anilines is 1. The standard InChI is InChI=1S/C16H23N3O4/c1-3-11(10-20)17-16(22)18-12-7-15(21)19(9-12)13-5-4-6-14(8-13)23-2/h4-6,8,11-12,20H,3,7,9-10H2,1-2H3,(H2,17,18,22)/t11-,12-/m0/s1. The Labute approximate surface area is 135 Å². The maximum atomic E-state index is 12.2. The second kappa shape index (κ2) is 7.82. The highest BCUT2D eigenvalue weighted by molar-refractivity contribution is 5.97. The lowest BCUT2D eigenvalue weighted by Crippen LogP contribution is -2.48. The number of amides is 3. The lowest BCUT2D eigenvalue weighted by molar-refractivity contribution is -0.117. The van der Waals surface area contributed by atoms with Crippen LogP contribution >= 0.6 is 0 Å². The van der Waals surface area contributed by atoms with Crippen LogP contribution in [0.15, 0.2) is 24.3 Å². The molecule has 1 heterocycles. The van der Waals surface area contributed by atoms with E-state index in [0.29, 0.717) is 18.7 Å². The molecule has 23 heavy (non-hydrogen) atoms. The molecular weight excluding hydrogens is 298 g/mol. The Hall–Kier alpha value is -2.28. The van der Waals surface area contributed by atoms with Crippen LogP contribution in [-0.4, -0.2) is 49.4 Å². The van der Waals surface area contributed by atoms with E-state index in [4.69, 9.17) is 9.84 Å². The maximum absolute atomic E-state index is 12.2. The average molecular weight is 321 g/mol. The van der Waals surface area contributed by atoms with Crippen molar-refractivity contribution in [3.05, 3.63) is 24.3 Å². The van der Waals surface area contributed by atoms with Gasteiger partial charge in [-0.2, -0.15) is 0 Å². The molecule has 0 aliphatic carbocycles. The topological polar surface area (TPSA) is 90.9 Å². The number of hydrogen-bond donors (Lipinski definition) is 3. The predicted octanol–water partition coefficient (Wildman–Crippen LogP) is 0.871. The average Bonchev–Trinajstić information content (AvgIpc) is 2.92. The van der Waals surface area contributed by atoms with Crippen molar-refractivity contribution in [3.8, 4) is 5.75 Å². The van der Waals surface area contributed by atoms with E-state index in [1.807, 2.05) is 25.1 Å². The van der Waals surface area contributed by atoms with Gasteiger partial charge in [-0.1, -0.05) is 13.0 Å². The number of methoxy groups -OCH3 is 1. The van der Waals surface area contributed by atoms with Crippen LogP contribution < -0.4 is 20.3 Å². The molecule has 0 spiro atoms. The third kappa shape index (κ3) is 4.35. The zero-order valence-corrected chi connectivity index (χ0v) is 13.4. The second-order valence-electron chi connectivity index (χ2n) is 5.51. The number of benzene rings is 1. The second-order valence-corrected chi connectivity index (χ2v) is 5.51. The fraction of sp³-hybridized carbons (Fsp3) is 0.500. The van der Waals surface area contributed by atoms with Crippen molar-refractivity contribution in [3.63, 3.8) is 0 Å². The number of rotatable bonds is 6. The zero-order chi connectivity index (χ0) is 16.8. The molecule has 0 saturated carbocycles. The first-order valence-electron chi connectivity index (χ1n) is 7.69. The van der Waals surface area contributed by atoms with E-state index in [2.05, 4.69) is 10.6 Å². The molecule has 7 nitrogen and oxygen atoms in total. The first-order valence-corrected chi connectivity index (χ1v) is 7.69. The molecule has 1 aromatic rings. The summed E-state index contributed by atoms with van der Waals surface area (Å²) in [5, 5.41) is 14.6. The van der Waals surface area contributed by atoms with Crippen LogP contribution in [0.2, 0.25) is 0 Å².